The number of hydrogen-bond donors (Lipinski definition) is 2. The van der Waals surface area contributed by atoms with Gasteiger partial charge in [0.05, 0.1) is 5.69 Å². The highest BCUT2D eigenvalue weighted by molar-refractivity contribution is 5.95. The predicted octanol–water partition coefficient (Wildman–Crippen LogP) is 3.21. The number of ether oxygens (including phenoxy) is 1. The van der Waals surface area contributed by atoms with Crippen molar-refractivity contribution in [3.63, 3.8) is 0 Å². The molecule has 2 aromatic carbocycles. The molecule has 0 radical (unpaired) electrons. The molecule has 0 bridgehead atoms. The second-order valence-corrected chi connectivity index (χ2v) is 6.01. The number of rotatable bonds is 4. The molecule has 2 amide bonds. The topological polar surface area (TPSA) is 67.4 Å². The van der Waals surface area contributed by atoms with Crippen molar-refractivity contribution in [3.8, 4) is 5.75 Å². The van der Waals surface area contributed by atoms with Crippen LogP contribution in [0.2, 0.25) is 0 Å². The third-order valence-corrected chi connectivity index (χ3v) is 4.11. The van der Waals surface area contributed by atoms with Crippen molar-refractivity contribution >= 4 is 23.2 Å². The Morgan fingerprint density at radius 2 is 2.00 bits per heavy atom. The molecule has 0 aliphatic carbocycles. The highest BCUT2D eigenvalue weighted by Gasteiger charge is 2.16. The maximum atomic E-state index is 12.1. The van der Waals surface area contributed by atoms with Crippen LogP contribution in [0.15, 0.2) is 36.4 Å². The summed E-state index contributed by atoms with van der Waals surface area (Å²) in [7, 11) is 0. The van der Waals surface area contributed by atoms with E-state index in [0.29, 0.717) is 24.3 Å². The zero-order chi connectivity index (χ0) is 17.1. The number of aryl methyl sites for hydroxylation is 3. The van der Waals surface area contributed by atoms with E-state index < -0.39 is 0 Å². The van der Waals surface area contributed by atoms with Crippen LogP contribution in [0.5, 0.6) is 5.75 Å². The molecule has 5 heteroatoms. The molecule has 2 N–H and O–H groups in total. The summed E-state index contributed by atoms with van der Waals surface area (Å²) in [5, 5.41) is 5.69. The standard InChI is InChI=1S/C19H20N2O3/c1-12-3-6-15(9-13(12)2)20-18(22)8-5-14-4-7-17-16(10-14)21-19(23)11-24-17/h3-4,6-7,9-10H,5,8,11H2,1-2H3,(H,20,22)(H,21,23). The Hall–Kier alpha value is -2.82. The molecule has 0 spiro atoms. The fraction of sp³-hybridized carbons (Fsp3) is 0.263. The molecule has 0 atom stereocenters. The first-order chi connectivity index (χ1) is 11.5. The summed E-state index contributed by atoms with van der Waals surface area (Å²) in [4.78, 5) is 23.5. The van der Waals surface area contributed by atoms with E-state index in [-0.39, 0.29) is 18.4 Å². The highest BCUT2D eigenvalue weighted by atomic mass is 16.5. The van der Waals surface area contributed by atoms with Gasteiger partial charge >= 0.3 is 0 Å². The minimum absolute atomic E-state index is 0.0312. The van der Waals surface area contributed by atoms with Crippen LogP contribution in [0.4, 0.5) is 11.4 Å². The molecule has 0 unspecified atom stereocenters. The lowest BCUT2D eigenvalue weighted by molar-refractivity contribution is -0.118. The van der Waals surface area contributed by atoms with Crippen molar-refractivity contribution in [1.29, 1.82) is 0 Å². The number of hydrogen-bond acceptors (Lipinski definition) is 3. The maximum Gasteiger partial charge on any atom is 0.262 e. The quantitative estimate of drug-likeness (QED) is 0.907. The Labute approximate surface area is 141 Å². The van der Waals surface area contributed by atoms with Crippen LogP contribution in [-0.2, 0) is 16.0 Å². The molecule has 1 aliphatic heterocycles. The first kappa shape index (κ1) is 16.1. The smallest absolute Gasteiger partial charge is 0.262 e. The summed E-state index contributed by atoms with van der Waals surface area (Å²) in [6.45, 7) is 4.11. The van der Waals surface area contributed by atoms with Gasteiger partial charge in [0.25, 0.3) is 5.91 Å². The van der Waals surface area contributed by atoms with Crippen LogP contribution < -0.4 is 15.4 Å². The van der Waals surface area contributed by atoms with Gasteiger partial charge in [-0.1, -0.05) is 12.1 Å². The fourth-order valence-electron chi connectivity index (χ4n) is 2.59. The minimum atomic E-state index is -0.160. The van der Waals surface area contributed by atoms with Gasteiger partial charge in [-0.2, -0.15) is 0 Å². The monoisotopic (exact) mass is 324 g/mol. The van der Waals surface area contributed by atoms with Crippen LogP contribution in [0.3, 0.4) is 0 Å². The average Bonchev–Trinajstić information content (AvgIpc) is 2.56. The van der Waals surface area contributed by atoms with Crippen molar-refractivity contribution in [2.24, 2.45) is 0 Å². The summed E-state index contributed by atoms with van der Waals surface area (Å²) >= 11 is 0. The SMILES string of the molecule is Cc1ccc(NC(=O)CCc2ccc3c(c2)NC(=O)CO3)cc1C. The number of benzene rings is 2. The van der Waals surface area contributed by atoms with Gasteiger partial charge in [-0.15, -0.1) is 0 Å². The predicted molar refractivity (Wildman–Crippen MR) is 93.4 cm³/mol. The molecular weight excluding hydrogens is 304 g/mol. The van der Waals surface area contributed by atoms with E-state index in [1.54, 1.807) is 0 Å². The third kappa shape index (κ3) is 3.74. The molecular formula is C19H20N2O3. The van der Waals surface area contributed by atoms with E-state index in [9.17, 15) is 9.59 Å². The minimum Gasteiger partial charge on any atom is -0.482 e. The first-order valence-electron chi connectivity index (χ1n) is 7.94. The van der Waals surface area contributed by atoms with Gasteiger partial charge in [0.1, 0.15) is 5.75 Å². The number of nitrogens with one attached hydrogen (secondary N) is 2. The van der Waals surface area contributed by atoms with Crippen LogP contribution in [0.25, 0.3) is 0 Å². The lowest BCUT2D eigenvalue weighted by Crippen LogP contribution is -2.25. The van der Waals surface area contributed by atoms with Gasteiger partial charge in [-0.3, -0.25) is 9.59 Å². The van der Waals surface area contributed by atoms with Crippen molar-refractivity contribution in [3.05, 3.63) is 53.1 Å². The summed E-state index contributed by atoms with van der Waals surface area (Å²) in [6.07, 6.45) is 0.973. The molecule has 124 valence electrons. The molecule has 0 saturated heterocycles. The Kier molecular flexibility index (Phi) is 4.51. The van der Waals surface area contributed by atoms with Gasteiger partial charge in [0.2, 0.25) is 5.91 Å². The zero-order valence-electron chi connectivity index (χ0n) is 13.8. The van der Waals surface area contributed by atoms with Crippen LogP contribution in [0, 0.1) is 13.8 Å². The summed E-state index contributed by atoms with van der Waals surface area (Å²) in [6, 6.07) is 11.5. The number of anilines is 2. The molecule has 1 heterocycles. The Morgan fingerprint density at radius 3 is 2.79 bits per heavy atom. The van der Waals surface area contributed by atoms with Crippen LogP contribution in [0.1, 0.15) is 23.1 Å². The van der Waals surface area contributed by atoms with E-state index in [1.165, 1.54) is 5.56 Å². The summed E-state index contributed by atoms with van der Waals surface area (Å²) in [5.41, 5.74) is 4.81. The van der Waals surface area contributed by atoms with Crippen molar-refractivity contribution in [1.82, 2.24) is 0 Å². The first-order valence-corrected chi connectivity index (χ1v) is 7.94. The molecule has 5 nitrogen and oxygen atoms in total. The van der Waals surface area contributed by atoms with Gasteiger partial charge < -0.3 is 15.4 Å². The highest BCUT2D eigenvalue weighted by Crippen LogP contribution is 2.28. The van der Waals surface area contributed by atoms with Gasteiger partial charge in [-0.05, 0) is 61.2 Å². The van der Waals surface area contributed by atoms with E-state index in [2.05, 4.69) is 10.6 Å². The normalized spacial score (nSPS) is 12.8. The molecule has 1 aliphatic rings. The zero-order valence-corrected chi connectivity index (χ0v) is 13.8. The summed E-state index contributed by atoms with van der Waals surface area (Å²) < 4.78 is 5.32. The molecule has 24 heavy (non-hydrogen) atoms. The molecule has 0 aromatic heterocycles. The fourth-order valence-corrected chi connectivity index (χ4v) is 2.59. The van der Waals surface area contributed by atoms with Gasteiger partial charge in [0.15, 0.2) is 6.61 Å². The van der Waals surface area contributed by atoms with E-state index in [4.69, 9.17) is 4.74 Å². The second kappa shape index (κ2) is 6.74. The number of carbonyl (C=O) groups is 2. The van der Waals surface area contributed by atoms with Crippen molar-refractivity contribution < 1.29 is 14.3 Å². The average molecular weight is 324 g/mol. The van der Waals surface area contributed by atoms with Crippen molar-refractivity contribution in [2.45, 2.75) is 26.7 Å². The number of amides is 2. The Bertz CT molecular complexity index is 799. The Balaban J connectivity index is 1.59. The maximum absolute atomic E-state index is 12.1. The van der Waals surface area contributed by atoms with Crippen molar-refractivity contribution in [2.75, 3.05) is 17.2 Å². The lowest BCUT2D eigenvalue weighted by Gasteiger charge is -2.18. The van der Waals surface area contributed by atoms with E-state index in [0.717, 1.165) is 16.8 Å². The lowest BCUT2D eigenvalue weighted by atomic mass is 10.1. The van der Waals surface area contributed by atoms with Gasteiger partial charge in [-0.25, -0.2) is 0 Å². The van der Waals surface area contributed by atoms with Gasteiger partial charge in [0, 0.05) is 12.1 Å². The number of carbonyl (C=O) groups excluding carboxylic acids is 2. The number of fused-ring (bicyclic) bond motifs is 1. The van der Waals surface area contributed by atoms with E-state index >= 15 is 0 Å². The molecule has 2 aromatic rings. The Morgan fingerprint density at radius 1 is 1.17 bits per heavy atom. The van der Waals surface area contributed by atoms with Crippen LogP contribution in [-0.4, -0.2) is 18.4 Å². The van der Waals surface area contributed by atoms with E-state index in [1.807, 2.05) is 50.2 Å². The summed E-state index contributed by atoms with van der Waals surface area (Å²) in [5.74, 6) is 0.473. The molecule has 0 fully saturated rings. The largest absolute Gasteiger partial charge is 0.482 e. The van der Waals surface area contributed by atoms with Crippen LogP contribution >= 0.6 is 0 Å². The second-order valence-electron chi connectivity index (χ2n) is 6.01. The molecule has 0 saturated carbocycles. The molecule has 3 rings (SSSR count). The third-order valence-electron chi connectivity index (χ3n) is 4.11.